The Morgan fingerprint density at radius 1 is 1.47 bits per heavy atom. The van der Waals surface area contributed by atoms with Crippen LogP contribution in [0.1, 0.15) is 42.1 Å². The molecule has 1 amide bonds. The normalized spacial score (nSPS) is 23.4. The van der Waals surface area contributed by atoms with Crippen molar-refractivity contribution in [1.29, 1.82) is 0 Å². The minimum absolute atomic E-state index is 0.0301. The average molecular weight is 281 g/mol. The van der Waals surface area contributed by atoms with Crippen LogP contribution in [0.4, 0.5) is 0 Å². The Labute approximate surface area is 117 Å². The summed E-state index contributed by atoms with van der Waals surface area (Å²) in [4.78, 5) is 25.6. The molecule has 1 fully saturated rings. The fraction of sp³-hybridized carbons (Fsp3) is 0.571. The van der Waals surface area contributed by atoms with E-state index in [1.165, 1.54) is 11.3 Å². The van der Waals surface area contributed by atoms with Crippen molar-refractivity contribution in [2.75, 3.05) is 13.1 Å². The van der Waals surface area contributed by atoms with Crippen molar-refractivity contribution in [1.82, 2.24) is 4.90 Å². The molecule has 4 nitrogen and oxygen atoms in total. The third kappa shape index (κ3) is 2.52. The predicted molar refractivity (Wildman–Crippen MR) is 74.6 cm³/mol. The highest BCUT2D eigenvalue weighted by Gasteiger charge is 2.42. The monoisotopic (exact) mass is 281 g/mol. The highest BCUT2D eigenvalue weighted by Crippen LogP contribution is 2.34. The summed E-state index contributed by atoms with van der Waals surface area (Å²) in [6.07, 6.45) is 1.98. The third-order valence-electron chi connectivity index (χ3n) is 4.08. The van der Waals surface area contributed by atoms with Gasteiger partial charge in [0.05, 0.1) is 11.0 Å². The van der Waals surface area contributed by atoms with Gasteiger partial charge in [0.1, 0.15) is 0 Å². The topological polar surface area (TPSA) is 57.6 Å². The average Bonchev–Trinajstić information content (AvgIpc) is 2.84. The molecule has 0 spiro atoms. The maximum atomic E-state index is 12.4. The van der Waals surface area contributed by atoms with E-state index in [4.69, 9.17) is 0 Å². The summed E-state index contributed by atoms with van der Waals surface area (Å²) in [5.41, 5.74) is 0.915. The van der Waals surface area contributed by atoms with Gasteiger partial charge in [-0.25, -0.2) is 0 Å². The summed E-state index contributed by atoms with van der Waals surface area (Å²) < 4.78 is 0. The SMILES string of the molecule is CCC1(C(=O)O)CCCN(C(=O)c2cscc2C)C1. The molecule has 1 aromatic heterocycles. The number of piperidine rings is 1. The molecule has 1 aliphatic rings. The van der Waals surface area contributed by atoms with Gasteiger partial charge in [-0.1, -0.05) is 6.92 Å². The number of carboxylic acids is 1. The first-order chi connectivity index (χ1) is 9.00. The molecule has 2 rings (SSSR count). The number of aryl methyl sites for hydroxylation is 1. The molecular formula is C14H19NO3S. The van der Waals surface area contributed by atoms with Crippen molar-refractivity contribution >= 4 is 23.2 Å². The fourth-order valence-electron chi connectivity index (χ4n) is 2.67. The number of thiophene rings is 1. The molecule has 0 bridgehead atoms. The molecular weight excluding hydrogens is 262 g/mol. The second kappa shape index (κ2) is 5.33. The van der Waals surface area contributed by atoms with E-state index in [0.717, 1.165) is 12.0 Å². The molecule has 1 aromatic rings. The first-order valence-electron chi connectivity index (χ1n) is 6.55. The fourth-order valence-corrected chi connectivity index (χ4v) is 3.49. The Morgan fingerprint density at radius 3 is 2.74 bits per heavy atom. The molecule has 19 heavy (non-hydrogen) atoms. The molecule has 1 unspecified atom stereocenters. The van der Waals surface area contributed by atoms with Crippen LogP contribution in [0.15, 0.2) is 10.8 Å². The van der Waals surface area contributed by atoms with Crippen molar-refractivity contribution in [3.63, 3.8) is 0 Å². The molecule has 0 aromatic carbocycles. The number of rotatable bonds is 3. The number of nitrogens with zero attached hydrogens (tertiary/aromatic N) is 1. The van der Waals surface area contributed by atoms with E-state index in [0.29, 0.717) is 31.5 Å². The Balaban J connectivity index is 2.20. The third-order valence-corrected chi connectivity index (χ3v) is 4.94. The summed E-state index contributed by atoms with van der Waals surface area (Å²) in [5.74, 6) is -0.813. The first kappa shape index (κ1) is 14.1. The maximum absolute atomic E-state index is 12.4. The standard InChI is InChI=1S/C14H19NO3S/c1-3-14(13(17)18)5-4-6-15(9-14)12(16)11-8-19-7-10(11)2/h7-8H,3-6,9H2,1-2H3,(H,17,18). The lowest BCUT2D eigenvalue weighted by Gasteiger charge is -2.39. The Hall–Kier alpha value is -1.36. The Kier molecular flexibility index (Phi) is 3.94. The molecule has 104 valence electrons. The van der Waals surface area contributed by atoms with Crippen LogP contribution in [0.3, 0.4) is 0 Å². The van der Waals surface area contributed by atoms with Gasteiger partial charge >= 0.3 is 5.97 Å². The van der Waals surface area contributed by atoms with Gasteiger partial charge in [-0.3, -0.25) is 9.59 Å². The minimum Gasteiger partial charge on any atom is -0.481 e. The molecule has 5 heteroatoms. The molecule has 2 heterocycles. The lowest BCUT2D eigenvalue weighted by Crippen LogP contribution is -2.49. The van der Waals surface area contributed by atoms with E-state index < -0.39 is 11.4 Å². The van der Waals surface area contributed by atoms with Crippen molar-refractivity contribution in [2.45, 2.75) is 33.1 Å². The number of hydrogen-bond donors (Lipinski definition) is 1. The van der Waals surface area contributed by atoms with E-state index in [1.807, 2.05) is 24.6 Å². The molecule has 1 aliphatic heterocycles. The zero-order valence-corrected chi connectivity index (χ0v) is 12.1. The van der Waals surface area contributed by atoms with E-state index in [-0.39, 0.29) is 5.91 Å². The van der Waals surface area contributed by atoms with Gasteiger partial charge in [0.15, 0.2) is 0 Å². The van der Waals surface area contributed by atoms with Crippen LogP contribution in [0.5, 0.6) is 0 Å². The number of amides is 1. The van der Waals surface area contributed by atoms with Crippen LogP contribution in [0, 0.1) is 12.3 Å². The van der Waals surface area contributed by atoms with E-state index in [2.05, 4.69) is 0 Å². The Morgan fingerprint density at radius 2 is 2.21 bits per heavy atom. The number of hydrogen-bond acceptors (Lipinski definition) is 3. The highest BCUT2D eigenvalue weighted by molar-refractivity contribution is 7.08. The quantitative estimate of drug-likeness (QED) is 0.926. The van der Waals surface area contributed by atoms with Crippen LogP contribution in [-0.4, -0.2) is 35.0 Å². The predicted octanol–water partition coefficient (Wildman–Crippen LogP) is 2.77. The van der Waals surface area contributed by atoms with Crippen LogP contribution in [0.2, 0.25) is 0 Å². The van der Waals surface area contributed by atoms with E-state index >= 15 is 0 Å². The second-order valence-electron chi connectivity index (χ2n) is 5.24. The summed E-state index contributed by atoms with van der Waals surface area (Å²) in [6.45, 7) is 4.78. The van der Waals surface area contributed by atoms with Crippen molar-refractivity contribution in [2.24, 2.45) is 5.41 Å². The van der Waals surface area contributed by atoms with Gasteiger partial charge < -0.3 is 10.0 Å². The van der Waals surface area contributed by atoms with Crippen molar-refractivity contribution in [3.05, 3.63) is 21.9 Å². The van der Waals surface area contributed by atoms with Crippen LogP contribution >= 0.6 is 11.3 Å². The van der Waals surface area contributed by atoms with E-state index in [9.17, 15) is 14.7 Å². The summed E-state index contributed by atoms with van der Waals surface area (Å²) in [7, 11) is 0. The number of carbonyl (C=O) groups excluding carboxylic acids is 1. The number of likely N-dealkylation sites (tertiary alicyclic amines) is 1. The van der Waals surface area contributed by atoms with Gasteiger partial charge in [-0.05, 0) is 37.1 Å². The van der Waals surface area contributed by atoms with Crippen LogP contribution in [0.25, 0.3) is 0 Å². The summed E-state index contributed by atoms with van der Waals surface area (Å²) >= 11 is 1.51. The first-order valence-corrected chi connectivity index (χ1v) is 7.50. The molecule has 0 saturated carbocycles. The maximum Gasteiger partial charge on any atom is 0.311 e. The second-order valence-corrected chi connectivity index (χ2v) is 5.98. The molecule has 1 saturated heterocycles. The number of carbonyl (C=O) groups is 2. The van der Waals surface area contributed by atoms with Crippen molar-refractivity contribution < 1.29 is 14.7 Å². The highest BCUT2D eigenvalue weighted by atomic mass is 32.1. The zero-order chi connectivity index (χ0) is 14.0. The van der Waals surface area contributed by atoms with Crippen molar-refractivity contribution in [3.8, 4) is 0 Å². The summed E-state index contributed by atoms with van der Waals surface area (Å²) in [5, 5.41) is 13.2. The largest absolute Gasteiger partial charge is 0.481 e. The lowest BCUT2D eigenvalue weighted by molar-refractivity contribution is -0.152. The molecule has 0 aliphatic carbocycles. The van der Waals surface area contributed by atoms with Gasteiger partial charge in [0, 0.05) is 18.5 Å². The zero-order valence-electron chi connectivity index (χ0n) is 11.3. The van der Waals surface area contributed by atoms with Gasteiger partial charge in [-0.2, -0.15) is 11.3 Å². The van der Waals surface area contributed by atoms with E-state index in [1.54, 1.807) is 4.90 Å². The molecule has 1 N–H and O–H groups in total. The molecule has 0 radical (unpaired) electrons. The molecule has 1 atom stereocenters. The van der Waals surface area contributed by atoms with Gasteiger partial charge in [0.25, 0.3) is 5.91 Å². The Bertz CT molecular complexity index is 497. The van der Waals surface area contributed by atoms with Gasteiger partial charge in [0.2, 0.25) is 0 Å². The number of aliphatic carboxylic acids is 1. The van der Waals surface area contributed by atoms with Crippen LogP contribution in [-0.2, 0) is 4.79 Å². The summed E-state index contributed by atoms with van der Waals surface area (Å²) in [6, 6.07) is 0. The lowest BCUT2D eigenvalue weighted by atomic mass is 9.77. The minimum atomic E-state index is -0.783. The smallest absolute Gasteiger partial charge is 0.311 e. The van der Waals surface area contributed by atoms with Crippen LogP contribution < -0.4 is 0 Å². The van der Waals surface area contributed by atoms with Gasteiger partial charge in [-0.15, -0.1) is 0 Å². The number of carboxylic acid groups (broad SMARTS) is 1.